The molecule has 0 fully saturated rings. The molecule has 0 aliphatic heterocycles. The minimum Gasteiger partial charge on any atom is -0.319 e. The van der Waals surface area contributed by atoms with E-state index < -0.39 is 21.7 Å². The molecule has 3 rings (SSSR count). The molecule has 0 saturated heterocycles. The third-order valence-corrected chi connectivity index (χ3v) is 6.30. The molecule has 0 unspecified atom stereocenters. The van der Waals surface area contributed by atoms with E-state index in [2.05, 4.69) is 20.8 Å². The Morgan fingerprint density at radius 1 is 1.17 bits per heavy atom. The van der Waals surface area contributed by atoms with Gasteiger partial charge < -0.3 is 5.32 Å². The molecule has 29 heavy (non-hydrogen) atoms. The average molecular weight is 418 g/mol. The highest BCUT2D eigenvalue weighted by atomic mass is 32.2. The van der Waals surface area contributed by atoms with E-state index in [9.17, 15) is 17.6 Å². The third-order valence-electron chi connectivity index (χ3n) is 4.25. The number of nitrogens with one attached hydrogen (secondary N) is 1. The van der Waals surface area contributed by atoms with Crippen LogP contribution in [0.25, 0.3) is 5.69 Å². The highest BCUT2D eigenvalue weighted by molar-refractivity contribution is 7.89. The highest BCUT2D eigenvalue weighted by Gasteiger charge is 2.22. The lowest BCUT2D eigenvalue weighted by Crippen LogP contribution is -2.30. The van der Waals surface area contributed by atoms with Crippen LogP contribution in [-0.4, -0.2) is 51.9 Å². The predicted molar refractivity (Wildman–Crippen MR) is 104 cm³/mol. The molecule has 0 radical (unpaired) electrons. The first-order chi connectivity index (χ1) is 13.9. The molecule has 9 nitrogen and oxygen atoms in total. The largest absolute Gasteiger partial charge is 0.319 e. The van der Waals surface area contributed by atoms with Gasteiger partial charge in [-0.3, -0.25) is 4.79 Å². The predicted octanol–water partition coefficient (Wildman–Crippen LogP) is 2.08. The van der Waals surface area contributed by atoms with Crippen LogP contribution in [0, 0.1) is 5.82 Å². The molecule has 2 aromatic carbocycles. The number of halogens is 1. The van der Waals surface area contributed by atoms with Crippen molar-refractivity contribution in [2.24, 2.45) is 0 Å². The molecule has 1 heterocycles. The van der Waals surface area contributed by atoms with Crippen LogP contribution < -0.4 is 5.32 Å². The van der Waals surface area contributed by atoms with Crippen molar-refractivity contribution in [2.75, 3.05) is 18.4 Å². The third kappa shape index (κ3) is 4.30. The number of aromatic nitrogens is 4. The maximum Gasteiger partial charge on any atom is 0.255 e. The monoisotopic (exact) mass is 418 g/mol. The van der Waals surface area contributed by atoms with Crippen LogP contribution in [0.5, 0.6) is 0 Å². The molecule has 152 valence electrons. The van der Waals surface area contributed by atoms with Gasteiger partial charge in [-0.25, -0.2) is 17.5 Å². The van der Waals surface area contributed by atoms with Gasteiger partial charge in [-0.2, -0.15) is 4.31 Å². The number of rotatable bonds is 7. The fourth-order valence-corrected chi connectivity index (χ4v) is 4.24. The van der Waals surface area contributed by atoms with Gasteiger partial charge in [0.2, 0.25) is 10.0 Å². The van der Waals surface area contributed by atoms with E-state index in [1.165, 1.54) is 57.8 Å². The van der Waals surface area contributed by atoms with Gasteiger partial charge in [-0.15, -0.1) is 5.10 Å². The minimum absolute atomic E-state index is 0.00300. The molecule has 0 bridgehead atoms. The number of amides is 1. The van der Waals surface area contributed by atoms with Gasteiger partial charge in [0.05, 0.1) is 16.3 Å². The fraction of sp³-hybridized carbons (Fsp3) is 0.222. The van der Waals surface area contributed by atoms with Gasteiger partial charge in [0.25, 0.3) is 5.91 Å². The Hall–Kier alpha value is -3.18. The van der Waals surface area contributed by atoms with Crippen molar-refractivity contribution in [3.8, 4) is 5.69 Å². The summed E-state index contributed by atoms with van der Waals surface area (Å²) in [6.07, 6.45) is 1.33. The van der Waals surface area contributed by atoms with E-state index in [-0.39, 0.29) is 16.1 Å². The Morgan fingerprint density at radius 3 is 2.59 bits per heavy atom. The van der Waals surface area contributed by atoms with Crippen LogP contribution in [0.15, 0.2) is 53.7 Å². The van der Waals surface area contributed by atoms with Gasteiger partial charge in [0.1, 0.15) is 12.1 Å². The number of anilines is 1. The Kier molecular flexibility index (Phi) is 5.99. The lowest BCUT2D eigenvalue weighted by atomic mass is 10.2. The molecule has 0 saturated carbocycles. The molecular formula is C18H19FN6O3S. The van der Waals surface area contributed by atoms with Gasteiger partial charge in [0.15, 0.2) is 0 Å². The van der Waals surface area contributed by atoms with Gasteiger partial charge >= 0.3 is 0 Å². The summed E-state index contributed by atoms with van der Waals surface area (Å²) in [5.74, 6) is -1.29. The van der Waals surface area contributed by atoms with Gasteiger partial charge in [-0.1, -0.05) is 19.9 Å². The summed E-state index contributed by atoms with van der Waals surface area (Å²) >= 11 is 0. The van der Waals surface area contributed by atoms with Crippen LogP contribution in [0.1, 0.15) is 24.2 Å². The lowest BCUT2D eigenvalue weighted by Gasteiger charge is -2.18. The maximum atomic E-state index is 14.2. The molecular weight excluding hydrogens is 399 g/mol. The lowest BCUT2D eigenvalue weighted by molar-refractivity contribution is 0.102. The second-order valence-corrected chi connectivity index (χ2v) is 7.93. The first-order valence-electron chi connectivity index (χ1n) is 8.81. The molecule has 1 N–H and O–H groups in total. The van der Waals surface area contributed by atoms with Crippen molar-refractivity contribution in [2.45, 2.75) is 18.7 Å². The standard InChI is InChI=1S/C18H19FN6O3S/c1-3-24(4-2)29(27,28)15-7-5-6-13(10-15)18(26)21-17-11-14(8-9-16(17)19)25-12-20-22-23-25/h5-12H,3-4H2,1-2H3,(H,21,26). The number of tetrazole rings is 1. The molecule has 11 heteroatoms. The number of carbonyl (C=O) groups is 1. The van der Waals surface area contributed by atoms with Gasteiger partial charge in [0, 0.05) is 18.7 Å². The van der Waals surface area contributed by atoms with E-state index in [0.717, 1.165) is 0 Å². The average Bonchev–Trinajstić information content (AvgIpc) is 3.25. The van der Waals surface area contributed by atoms with Crippen LogP contribution in [-0.2, 0) is 10.0 Å². The van der Waals surface area contributed by atoms with Crippen LogP contribution in [0.4, 0.5) is 10.1 Å². The Balaban J connectivity index is 1.88. The molecule has 0 aliphatic carbocycles. The van der Waals surface area contributed by atoms with Crippen molar-refractivity contribution in [3.63, 3.8) is 0 Å². The van der Waals surface area contributed by atoms with Crippen LogP contribution in [0.3, 0.4) is 0 Å². The van der Waals surface area contributed by atoms with E-state index in [1.807, 2.05) is 0 Å². The molecule has 0 spiro atoms. The van der Waals surface area contributed by atoms with Crippen LogP contribution in [0.2, 0.25) is 0 Å². The zero-order valence-corrected chi connectivity index (χ0v) is 16.6. The Labute approximate surface area is 167 Å². The van der Waals surface area contributed by atoms with Crippen molar-refractivity contribution in [1.82, 2.24) is 24.5 Å². The normalized spacial score (nSPS) is 11.6. The smallest absolute Gasteiger partial charge is 0.255 e. The zero-order chi connectivity index (χ0) is 21.0. The molecule has 1 amide bonds. The second kappa shape index (κ2) is 8.45. The maximum absolute atomic E-state index is 14.2. The summed E-state index contributed by atoms with van der Waals surface area (Å²) in [5, 5.41) is 13.2. The topological polar surface area (TPSA) is 110 Å². The number of carbonyl (C=O) groups excluding carboxylic acids is 1. The van der Waals surface area contributed by atoms with Gasteiger partial charge in [-0.05, 0) is 46.8 Å². The first kappa shape index (κ1) is 20.6. The summed E-state index contributed by atoms with van der Waals surface area (Å²) < 4.78 is 42.1. The zero-order valence-electron chi connectivity index (χ0n) is 15.8. The molecule has 3 aromatic rings. The van der Waals surface area contributed by atoms with E-state index in [0.29, 0.717) is 18.8 Å². The van der Waals surface area contributed by atoms with Crippen molar-refractivity contribution in [3.05, 3.63) is 60.2 Å². The summed E-state index contributed by atoms with van der Waals surface area (Å²) in [6.45, 7) is 4.09. The number of hydrogen-bond acceptors (Lipinski definition) is 6. The quantitative estimate of drug-likeness (QED) is 0.629. The fourth-order valence-electron chi connectivity index (χ4n) is 2.74. The van der Waals surface area contributed by atoms with Crippen LogP contribution >= 0.6 is 0 Å². The summed E-state index contributed by atoms with van der Waals surface area (Å²) in [6, 6.07) is 9.63. The van der Waals surface area contributed by atoms with E-state index in [1.54, 1.807) is 13.8 Å². The van der Waals surface area contributed by atoms with E-state index >= 15 is 0 Å². The van der Waals surface area contributed by atoms with Crippen molar-refractivity contribution in [1.29, 1.82) is 0 Å². The number of sulfonamides is 1. The SMILES string of the molecule is CCN(CC)S(=O)(=O)c1cccc(C(=O)Nc2cc(-n3cnnn3)ccc2F)c1. The summed E-state index contributed by atoms with van der Waals surface area (Å²) in [4.78, 5) is 12.6. The first-order valence-corrected chi connectivity index (χ1v) is 10.2. The summed E-state index contributed by atoms with van der Waals surface area (Å²) in [7, 11) is -3.72. The highest BCUT2D eigenvalue weighted by Crippen LogP contribution is 2.21. The Bertz CT molecular complexity index is 1110. The molecule has 1 aromatic heterocycles. The number of benzene rings is 2. The molecule has 0 atom stereocenters. The number of nitrogens with zero attached hydrogens (tertiary/aromatic N) is 5. The number of hydrogen-bond donors (Lipinski definition) is 1. The van der Waals surface area contributed by atoms with Crippen molar-refractivity contribution >= 4 is 21.6 Å². The Morgan fingerprint density at radius 2 is 1.93 bits per heavy atom. The minimum atomic E-state index is -3.72. The van der Waals surface area contributed by atoms with E-state index in [4.69, 9.17) is 0 Å². The van der Waals surface area contributed by atoms with Crippen molar-refractivity contribution < 1.29 is 17.6 Å². The molecule has 0 aliphatic rings. The second-order valence-electron chi connectivity index (χ2n) is 5.99. The summed E-state index contributed by atoms with van der Waals surface area (Å²) in [5.41, 5.74) is 0.454.